The minimum Gasteiger partial charge on any atom is -0.330 e. The fourth-order valence-corrected chi connectivity index (χ4v) is 3.43. The minimum atomic E-state index is 0.858. The molecule has 1 heterocycles. The summed E-state index contributed by atoms with van der Waals surface area (Å²) in [5.74, 6) is 0. The van der Waals surface area contributed by atoms with E-state index in [-0.39, 0.29) is 0 Å². The third-order valence-electron chi connectivity index (χ3n) is 5.05. The third-order valence-corrected chi connectivity index (χ3v) is 5.05. The monoisotopic (exact) mass is 355 g/mol. The molecule has 150 valence electrons. The van der Waals surface area contributed by atoms with Crippen molar-refractivity contribution in [3.63, 3.8) is 0 Å². The molecule has 0 aliphatic carbocycles. The van der Waals surface area contributed by atoms with E-state index in [1.165, 1.54) is 83.8 Å². The zero-order valence-corrected chi connectivity index (χ0v) is 16.7. The fourth-order valence-electron chi connectivity index (χ4n) is 3.43. The molecule has 0 aromatic rings. The van der Waals surface area contributed by atoms with Crippen molar-refractivity contribution in [3.05, 3.63) is 0 Å². The standard InChI is InChI=1S/C20H45N5/c21-11-7-5-3-1-2-4-6-8-18-25-19-10-14-23-16-15-22-12-9-13-24-17-20-25/h22-24H,1-21H2. The SMILES string of the molecule is NCCCCCCCCCCN1CCCNCCNCCCNCC1. The van der Waals surface area contributed by atoms with E-state index in [0.29, 0.717) is 0 Å². The lowest BCUT2D eigenvalue weighted by Gasteiger charge is -2.23. The molecular formula is C20H45N5. The maximum atomic E-state index is 5.53. The topological polar surface area (TPSA) is 65.3 Å². The Morgan fingerprint density at radius 1 is 0.560 bits per heavy atom. The normalized spacial score (nSPS) is 19.6. The molecule has 0 bridgehead atoms. The van der Waals surface area contributed by atoms with Gasteiger partial charge in [0, 0.05) is 26.2 Å². The highest BCUT2D eigenvalue weighted by molar-refractivity contribution is 4.64. The molecule has 25 heavy (non-hydrogen) atoms. The molecule has 0 aromatic heterocycles. The van der Waals surface area contributed by atoms with Gasteiger partial charge in [-0.25, -0.2) is 0 Å². The molecule has 1 fully saturated rings. The van der Waals surface area contributed by atoms with Gasteiger partial charge < -0.3 is 26.6 Å². The van der Waals surface area contributed by atoms with Gasteiger partial charge in [-0.3, -0.25) is 0 Å². The van der Waals surface area contributed by atoms with Crippen molar-refractivity contribution in [2.75, 3.05) is 65.4 Å². The Balaban J connectivity index is 2.04. The summed E-state index contributed by atoms with van der Waals surface area (Å²) >= 11 is 0. The molecule has 1 rings (SSSR count). The number of nitrogens with one attached hydrogen (secondary N) is 3. The maximum Gasteiger partial charge on any atom is 0.0107 e. The van der Waals surface area contributed by atoms with Crippen molar-refractivity contribution in [1.82, 2.24) is 20.9 Å². The van der Waals surface area contributed by atoms with Crippen molar-refractivity contribution in [1.29, 1.82) is 0 Å². The van der Waals surface area contributed by atoms with Crippen molar-refractivity contribution in [2.24, 2.45) is 5.73 Å². The van der Waals surface area contributed by atoms with Crippen LogP contribution in [0.5, 0.6) is 0 Å². The Bertz CT molecular complexity index is 248. The minimum absolute atomic E-state index is 0.858. The van der Waals surface area contributed by atoms with Gasteiger partial charge in [-0.2, -0.15) is 0 Å². The van der Waals surface area contributed by atoms with Crippen LogP contribution in [0, 0.1) is 0 Å². The lowest BCUT2D eigenvalue weighted by Crippen LogP contribution is -2.37. The summed E-state index contributed by atoms with van der Waals surface area (Å²) in [5.41, 5.74) is 5.53. The Kier molecular flexibility index (Phi) is 17.0. The lowest BCUT2D eigenvalue weighted by molar-refractivity contribution is 0.261. The van der Waals surface area contributed by atoms with Gasteiger partial charge in [0.15, 0.2) is 0 Å². The van der Waals surface area contributed by atoms with Gasteiger partial charge in [-0.15, -0.1) is 0 Å². The average Bonchev–Trinajstić information content (AvgIpc) is 2.63. The highest BCUT2D eigenvalue weighted by Gasteiger charge is 2.05. The molecular weight excluding hydrogens is 310 g/mol. The summed E-state index contributed by atoms with van der Waals surface area (Å²) in [6.45, 7) is 11.3. The molecule has 1 aliphatic rings. The van der Waals surface area contributed by atoms with Crippen molar-refractivity contribution in [3.8, 4) is 0 Å². The van der Waals surface area contributed by atoms with Crippen LogP contribution < -0.4 is 21.7 Å². The molecule has 0 amide bonds. The molecule has 5 N–H and O–H groups in total. The smallest absolute Gasteiger partial charge is 0.0107 e. The number of hydrogen-bond acceptors (Lipinski definition) is 5. The predicted molar refractivity (Wildman–Crippen MR) is 110 cm³/mol. The second-order valence-corrected chi connectivity index (χ2v) is 7.42. The molecule has 5 nitrogen and oxygen atoms in total. The Morgan fingerprint density at radius 3 is 1.80 bits per heavy atom. The van der Waals surface area contributed by atoms with E-state index in [1.807, 2.05) is 0 Å². The first-order valence-corrected chi connectivity index (χ1v) is 11.0. The van der Waals surface area contributed by atoms with Gasteiger partial charge in [-0.1, -0.05) is 38.5 Å². The summed E-state index contributed by atoms with van der Waals surface area (Å²) in [6, 6.07) is 0. The van der Waals surface area contributed by atoms with Gasteiger partial charge in [0.2, 0.25) is 0 Å². The lowest BCUT2D eigenvalue weighted by atomic mass is 10.1. The van der Waals surface area contributed by atoms with Gasteiger partial charge in [0.25, 0.3) is 0 Å². The first-order valence-electron chi connectivity index (χ1n) is 11.0. The Morgan fingerprint density at radius 2 is 1.12 bits per heavy atom. The van der Waals surface area contributed by atoms with Crippen LogP contribution in [0.4, 0.5) is 0 Å². The molecule has 1 aliphatic heterocycles. The number of rotatable bonds is 10. The first kappa shape index (κ1) is 22.8. The van der Waals surface area contributed by atoms with Crippen molar-refractivity contribution < 1.29 is 0 Å². The highest BCUT2D eigenvalue weighted by atomic mass is 15.1. The van der Waals surface area contributed by atoms with Gasteiger partial charge in [0.1, 0.15) is 0 Å². The first-order chi connectivity index (χ1) is 12.4. The van der Waals surface area contributed by atoms with E-state index >= 15 is 0 Å². The predicted octanol–water partition coefficient (Wildman–Crippen LogP) is 1.93. The Hall–Kier alpha value is -0.200. The van der Waals surface area contributed by atoms with E-state index in [2.05, 4.69) is 20.9 Å². The van der Waals surface area contributed by atoms with E-state index in [4.69, 9.17) is 5.73 Å². The zero-order valence-electron chi connectivity index (χ0n) is 16.7. The second kappa shape index (κ2) is 18.6. The van der Waals surface area contributed by atoms with Gasteiger partial charge in [-0.05, 0) is 65.0 Å². The van der Waals surface area contributed by atoms with E-state index in [9.17, 15) is 0 Å². The van der Waals surface area contributed by atoms with E-state index in [1.54, 1.807) is 0 Å². The van der Waals surface area contributed by atoms with Crippen molar-refractivity contribution in [2.45, 2.75) is 64.2 Å². The fraction of sp³-hybridized carbons (Fsp3) is 1.00. The third kappa shape index (κ3) is 15.7. The van der Waals surface area contributed by atoms with Crippen LogP contribution in [-0.4, -0.2) is 70.3 Å². The highest BCUT2D eigenvalue weighted by Crippen LogP contribution is 2.09. The molecule has 0 aromatic carbocycles. The van der Waals surface area contributed by atoms with Crippen LogP contribution in [0.25, 0.3) is 0 Å². The molecule has 0 saturated carbocycles. The quantitative estimate of drug-likeness (QED) is 0.451. The maximum absolute atomic E-state index is 5.53. The summed E-state index contributed by atoms with van der Waals surface area (Å²) in [6.07, 6.45) is 13.4. The number of nitrogens with two attached hydrogens (primary N) is 1. The summed E-state index contributed by atoms with van der Waals surface area (Å²) in [7, 11) is 0. The molecule has 0 unspecified atom stereocenters. The largest absolute Gasteiger partial charge is 0.330 e. The molecule has 0 radical (unpaired) electrons. The van der Waals surface area contributed by atoms with Crippen LogP contribution >= 0.6 is 0 Å². The second-order valence-electron chi connectivity index (χ2n) is 7.42. The van der Waals surface area contributed by atoms with Crippen LogP contribution in [0.3, 0.4) is 0 Å². The van der Waals surface area contributed by atoms with Gasteiger partial charge in [0.05, 0.1) is 0 Å². The summed E-state index contributed by atoms with van der Waals surface area (Å²) in [5, 5.41) is 10.6. The summed E-state index contributed by atoms with van der Waals surface area (Å²) < 4.78 is 0. The number of unbranched alkanes of at least 4 members (excludes halogenated alkanes) is 7. The number of hydrogen-bond donors (Lipinski definition) is 4. The van der Waals surface area contributed by atoms with E-state index < -0.39 is 0 Å². The zero-order chi connectivity index (χ0) is 17.8. The van der Waals surface area contributed by atoms with Gasteiger partial charge >= 0.3 is 0 Å². The van der Waals surface area contributed by atoms with Crippen LogP contribution in [0.15, 0.2) is 0 Å². The number of nitrogens with zero attached hydrogens (tertiary/aromatic N) is 1. The van der Waals surface area contributed by atoms with Crippen molar-refractivity contribution >= 4 is 0 Å². The molecule has 1 saturated heterocycles. The molecule has 0 atom stereocenters. The van der Waals surface area contributed by atoms with Crippen LogP contribution in [0.1, 0.15) is 64.2 Å². The molecule has 5 heteroatoms. The van der Waals surface area contributed by atoms with E-state index in [0.717, 1.165) is 45.8 Å². The Labute approximate surface area is 156 Å². The average molecular weight is 356 g/mol. The summed E-state index contributed by atoms with van der Waals surface area (Å²) in [4.78, 5) is 2.67. The molecule has 0 spiro atoms. The van der Waals surface area contributed by atoms with Crippen LogP contribution in [-0.2, 0) is 0 Å². The van der Waals surface area contributed by atoms with Crippen LogP contribution in [0.2, 0.25) is 0 Å².